The summed E-state index contributed by atoms with van der Waals surface area (Å²) in [5.74, 6) is -0.0204. The molecule has 23 heavy (non-hydrogen) atoms. The van der Waals surface area contributed by atoms with E-state index in [1.807, 2.05) is 18.2 Å². The Bertz CT molecular complexity index is 731. The number of benzene rings is 2. The molecular formula is C18H17BrFNO2. The zero-order valence-electron chi connectivity index (χ0n) is 12.7. The van der Waals surface area contributed by atoms with Crippen molar-refractivity contribution in [3.8, 4) is 5.75 Å². The number of aryl methyl sites for hydroxylation is 1. The molecular weight excluding hydrogens is 361 g/mol. The van der Waals surface area contributed by atoms with Crippen LogP contribution < -0.4 is 10.1 Å². The maximum atomic E-state index is 14.2. The molecule has 0 aliphatic rings. The largest absolute Gasteiger partial charge is 0.496 e. The van der Waals surface area contributed by atoms with Gasteiger partial charge in [0.25, 0.3) is 5.91 Å². The third kappa shape index (κ3) is 4.20. The van der Waals surface area contributed by atoms with Gasteiger partial charge >= 0.3 is 0 Å². The summed E-state index contributed by atoms with van der Waals surface area (Å²) in [6, 6.07) is 10.2. The summed E-state index contributed by atoms with van der Waals surface area (Å²) in [7, 11) is 1.60. The highest BCUT2D eigenvalue weighted by Gasteiger charge is 2.15. The molecule has 1 N–H and O–H groups in total. The van der Waals surface area contributed by atoms with E-state index in [2.05, 4.69) is 27.8 Å². The van der Waals surface area contributed by atoms with Crippen LogP contribution in [0.25, 0.3) is 0 Å². The smallest absolute Gasteiger partial charge is 0.255 e. The first-order valence-electron chi connectivity index (χ1n) is 7.08. The first kappa shape index (κ1) is 17.2. The van der Waals surface area contributed by atoms with Gasteiger partial charge in [-0.2, -0.15) is 0 Å². The van der Waals surface area contributed by atoms with E-state index in [0.29, 0.717) is 24.0 Å². The van der Waals surface area contributed by atoms with Crippen LogP contribution in [-0.4, -0.2) is 13.0 Å². The Morgan fingerprint density at radius 3 is 2.83 bits per heavy atom. The van der Waals surface area contributed by atoms with Crippen LogP contribution in [-0.2, 0) is 12.8 Å². The van der Waals surface area contributed by atoms with Gasteiger partial charge in [0, 0.05) is 15.6 Å². The molecule has 0 saturated carbocycles. The molecule has 2 aromatic carbocycles. The molecule has 0 spiro atoms. The second kappa shape index (κ2) is 7.92. The fourth-order valence-corrected chi connectivity index (χ4v) is 2.81. The van der Waals surface area contributed by atoms with Crippen molar-refractivity contribution >= 4 is 21.8 Å². The predicted octanol–water partition coefficient (Wildman–Crippen LogP) is 4.26. The van der Waals surface area contributed by atoms with Gasteiger partial charge in [-0.3, -0.25) is 4.79 Å². The minimum atomic E-state index is -0.393. The number of methoxy groups -OCH3 is 1. The van der Waals surface area contributed by atoms with Crippen LogP contribution in [0.3, 0.4) is 0 Å². The van der Waals surface area contributed by atoms with Crippen LogP contribution in [0.15, 0.2) is 53.6 Å². The summed E-state index contributed by atoms with van der Waals surface area (Å²) in [5, 5.41) is 2.49. The maximum Gasteiger partial charge on any atom is 0.255 e. The number of nitrogens with one attached hydrogen (secondary N) is 1. The number of amides is 1. The van der Waals surface area contributed by atoms with Crippen molar-refractivity contribution in [2.24, 2.45) is 0 Å². The van der Waals surface area contributed by atoms with Crippen molar-refractivity contribution in [1.29, 1.82) is 0 Å². The van der Waals surface area contributed by atoms with Gasteiger partial charge in [-0.25, -0.2) is 4.39 Å². The highest BCUT2D eigenvalue weighted by atomic mass is 79.9. The Balaban J connectivity index is 2.29. The Morgan fingerprint density at radius 1 is 1.35 bits per heavy atom. The summed E-state index contributed by atoms with van der Waals surface area (Å²) in [5.41, 5.74) is 1.65. The van der Waals surface area contributed by atoms with E-state index < -0.39 is 5.82 Å². The van der Waals surface area contributed by atoms with E-state index in [1.54, 1.807) is 13.2 Å². The molecule has 120 valence electrons. The molecule has 0 unspecified atom stereocenters. The van der Waals surface area contributed by atoms with Crippen molar-refractivity contribution in [3.05, 3.63) is 76.2 Å². The number of hydrogen-bond acceptors (Lipinski definition) is 2. The second-order valence-corrected chi connectivity index (χ2v) is 5.82. The lowest BCUT2D eigenvalue weighted by Gasteiger charge is -2.12. The molecule has 3 nitrogen and oxygen atoms in total. The Hall–Kier alpha value is -2.14. The molecule has 1 amide bonds. The standard InChI is InChI=1S/C18H17BrFNO2/c1-3-21-18(22)15-5-4-6-16(20)14(15)9-7-12-11-13(19)8-10-17(12)23-2/h3-6,8,10-11H,1,7,9H2,2H3,(H,21,22). The number of carbonyl (C=O) groups is 1. The van der Waals surface area contributed by atoms with E-state index in [0.717, 1.165) is 15.8 Å². The fraction of sp³-hybridized carbons (Fsp3) is 0.167. The average molecular weight is 378 g/mol. The van der Waals surface area contributed by atoms with Crippen molar-refractivity contribution in [2.45, 2.75) is 12.8 Å². The molecule has 5 heteroatoms. The summed E-state index contributed by atoms with van der Waals surface area (Å²) >= 11 is 3.42. The van der Waals surface area contributed by atoms with E-state index in [9.17, 15) is 9.18 Å². The van der Waals surface area contributed by atoms with Gasteiger partial charge in [0.05, 0.1) is 7.11 Å². The highest BCUT2D eigenvalue weighted by Crippen LogP contribution is 2.25. The zero-order valence-corrected chi connectivity index (χ0v) is 14.3. The molecule has 0 heterocycles. The Labute approximate surface area is 143 Å². The van der Waals surface area contributed by atoms with Gasteiger partial charge < -0.3 is 10.1 Å². The minimum Gasteiger partial charge on any atom is -0.496 e. The van der Waals surface area contributed by atoms with E-state index in [1.165, 1.54) is 18.3 Å². The van der Waals surface area contributed by atoms with Gasteiger partial charge in [-0.05, 0) is 54.9 Å². The van der Waals surface area contributed by atoms with Gasteiger partial charge in [0.15, 0.2) is 0 Å². The van der Waals surface area contributed by atoms with Crippen LogP contribution in [0.5, 0.6) is 5.75 Å². The van der Waals surface area contributed by atoms with Crippen LogP contribution in [0.4, 0.5) is 4.39 Å². The van der Waals surface area contributed by atoms with E-state index >= 15 is 0 Å². The SMILES string of the molecule is C=CNC(=O)c1cccc(F)c1CCc1cc(Br)ccc1OC. The lowest BCUT2D eigenvalue weighted by molar-refractivity contribution is 0.0968. The van der Waals surface area contributed by atoms with E-state index in [4.69, 9.17) is 4.74 Å². The lowest BCUT2D eigenvalue weighted by Crippen LogP contribution is -2.19. The van der Waals surface area contributed by atoms with E-state index in [-0.39, 0.29) is 5.91 Å². The number of hydrogen-bond donors (Lipinski definition) is 1. The summed E-state index contributed by atoms with van der Waals surface area (Å²) in [6.07, 6.45) is 2.23. The van der Waals surface area contributed by atoms with Crippen molar-refractivity contribution in [2.75, 3.05) is 7.11 Å². The Morgan fingerprint density at radius 2 is 2.13 bits per heavy atom. The zero-order chi connectivity index (χ0) is 16.8. The number of carbonyl (C=O) groups excluding carboxylic acids is 1. The molecule has 0 aliphatic carbocycles. The van der Waals surface area contributed by atoms with Gasteiger partial charge in [0.2, 0.25) is 0 Å². The summed E-state index contributed by atoms with van der Waals surface area (Å²) in [4.78, 5) is 12.0. The summed E-state index contributed by atoms with van der Waals surface area (Å²) < 4.78 is 20.4. The van der Waals surface area contributed by atoms with Crippen molar-refractivity contribution in [1.82, 2.24) is 5.32 Å². The first-order valence-corrected chi connectivity index (χ1v) is 7.87. The van der Waals surface area contributed by atoms with Crippen LogP contribution in [0, 0.1) is 5.82 Å². The third-order valence-corrected chi connectivity index (χ3v) is 3.98. The monoisotopic (exact) mass is 377 g/mol. The average Bonchev–Trinajstić information content (AvgIpc) is 2.54. The summed E-state index contributed by atoms with van der Waals surface area (Å²) in [6.45, 7) is 3.46. The molecule has 2 rings (SSSR count). The van der Waals surface area contributed by atoms with Gasteiger partial charge in [-0.15, -0.1) is 0 Å². The fourth-order valence-electron chi connectivity index (χ4n) is 2.40. The number of halogens is 2. The molecule has 0 bridgehead atoms. The van der Waals surface area contributed by atoms with Gasteiger partial charge in [-0.1, -0.05) is 28.6 Å². The van der Waals surface area contributed by atoms with Crippen LogP contribution in [0.2, 0.25) is 0 Å². The molecule has 2 aromatic rings. The molecule has 0 saturated heterocycles. The number of ether oxygens (including phenoxy) is 1. The maximum absolute atomic E-state index is 14.2. The minimum absolute atomic E-state index is 0.318. The van der Waals surface area contributed by atoms with Crippen molar-refractivity contribution < 1.29 is 13.9 Å². The number of rotatable bonds is 6. The van der Waals surface area contributed by atoms with Crippen molar-refractivity contribution in [3.63, 3.8) is 0 Å². The molecule has 0 fully saturated rings. The van der Waals surface area contributed by atoms with Gasteiger partial charge in [0.1, 0.15) is 11.6 Å². The normalized spacial score (nSPS) is 10.2. The molecule has 0 aromatic heterocycles. The third-order valence-electron chi connectivity index (χ3n) is 3.48. The lowest BCUT2D eigenvalue weighted by atomic mass is 9.98. The second-order valence-electron chi connectivity index (χ2n) is 4.90. The van der Waals surface area contributed by atoms with Crippen LogP contribution in [0.1, 0.15) is 21.5 Å². The molecule has 0 aliphatic heterocycles. The quantitative estimate of drug-likeness (QED) is 0.816. The molecule has 0 atom stereocenters. The topological polar surface area (TPSA) is 38.3 Å². The molecule has 0 radical (unpaired) electrons. The van der Waals surface area contributed by atoms with Crippen LogP contribution >= 0.6 is 15.9 Å². The first-order chi connectivity index (χ1) is 11.1. The predicted molar refractivity (Wildman–Crippen MR) is 92.2 cm³/mol. The highest BCUT2D eigenvalue weighted by molar-refractivity contribution is 9.10. The Kier molecular flexibility index (Phi) is 5.93.